The Balaban J connectivity index is 2.03. The van der Waals surface area contributed by atoms with Crippen molar-refractivity contribution in [3.63, 3.8) is 0 Å². The van der Waals surface area contributed by atoms with Crippen LogP contribution in [-0.4, -0.2) is 43.9 Å². The van der Waals surface area contributed by atoms with Gasteiger partial charge < -0.3 is 14.4 Å². The number of nitrogens with zero attached hydrogens (tertiary/aromatic N) is 2. The van der Waals surface area contributed by atoms with E-state index < -0.39 is 0 Å². The number of methoxy groups -OCH3 is 1. The van der Waals surface area contributed by atoms with Gasteiger partial charge in [0.25, 0.3) is 0 Å². The standard InChI is InChI=1S/C12H15FN2O3/c1-17-11(16)7-9-8-15(5-6-18-9)12-10(13)3-2-4-14-12/h2-4,9H,5-8H2,1H3. The molecule has 0 radical (unpaired) electrons. The molecule has 18 heavy (non-hydrogen) atoms. The number of carbonyl (C=O) groups is 1. The van der Waals surface area contributed by atoms with Crippen LogP contribution in [0.15, 0.2) is 18.3 Å². The van der Waals surface area contributed by atoms with Crippen LogP contribution in [0, 0.1) is 5.82 Å². The smallest absolute Gasteiger partial charge is 0.308 e. The predicted molar refractivity (Wildman–Crippen MR) is 62.8 cm³/mol. The molecule has 0 amide bonds. The van der Waals surface area contributed by atoms with Crippen molar-refractivity contribution < 1.29 is 18.7 Å². The van der Waals surface area contributed by atoms with Crippen LogP contribution >= 0.6 is 0 Å². The largest absolute Gasteiger partial charge is 0.469 e. The van der Waals surface area contributed by atoms with Crippen molar-refractivity contribution >= 4 is 11.8 Å². The quantitative estimate of drug-likeness (QED) is 0.753. The number of hydrogen-bond acceptors (Lipinski definition) is 5. The Kier molecular flexibility index (Phi) is 4.09. The van der Waals surface area contributed by atoms with Gasteiger partial charge in [0.2, 0.25) is 0 Å². The second-order valence-electron chi connectivity index (χ2n) is 4.03. The lowest BCUT2D eigenvalue weighted by Crippen LogP contribution is -2.44. The zero-order valence-electron chi connectivity index (χ0n) is 10.1. The summed E-state index contributed by atoms with van der Waals surface area (Å²) in [5, 5.41) is 0. The van der Waals surface area contributed by atoms with Gasteiger partial charge in [-0.25, -0.2) is 9.37 Å². The number of pyridine rings is 1. The number of esters is 1. The molecule has 1 aliphatic heterocycles. The van der Waals surface area contributed by atoms with Gasteiger partial charge in [0.05, 0.1) is 26.2 Å². The number of carbonyl (C=O) groups excluding carboxylic acids is 1. The lowest BCUT2D eigenvalue weighted by atomic mass is 10.2. The molecule has 0 bridgehead atoms. The van der Waals surface area contributed by atoms with Gasteiger partial charge in [-0.1, -0.05) is 0 Å². The minimum Gasteiger partial charge on any atom is -0.469 e. The first-order valence-electron chi connectivity index (χ1n) is 5.74. The maximum absolute atomic E-state index is 13.6. The highest BCUT2D eigenvalue weighted by atomic mass is 19.1. The van der Waals surface area contributed by atoms with Crippen LogP contribution in [0.1, 0.15) is 6.42 Å². The van der Waals surface area contributed by atoms with Crippen LogP contribution in [0.5, 0.6) is 0 Å². The molecule has 98 valence electrons. The van der Waals surface area contributed by atoms with Gasteiger partial charge in [-0.2, -0.15) is 0 Å². The third-order valence-electron chi connectivity index (χ3n) is 2.80. The Morgan fingerprint density at radius 1 is 1.72 bits per heavy atom. The average Bonchev–Trinajstić information content (AvgIpc) is 2.39. The highest BCUT2D eigenvalue weighted by Crippen LogP contribution is 2.19. The number of aromatic nitrogens is 1. The van der Waals surface area contributed by atoms with E-state index in [-0.39, 0.29) is 24.3 Å². The molecule has 2 heterocycles. The Bertz CT molecular complexity index is 428. The van der Waals surface area contributed by atoms with E-state index in [1.54, 1.807) is 17.2 Å². The molecular formula is C12H15FN2O3. The summed E-state index contributed by atoms with van der Waals surface area (Å²) in [6, 6.07) is 2.92. The topological polar surface area (TPSA) is 51.7 Å². The summed E-state index contributed by atoms with van der Waals surface area (Å²) in [5.74, 6) is -0.393. The second-order valence-corrected chi connectivity index (χ2v) is 4.03. The summed E-state index contributed by atoms with van der Waals surface area (Å²) in [5.41, 5.74) is 0. The maximum Gasteiger partial charge on any atom is 0.308 e. The molecule has 1 fully saturated rings. The highest BCUT2D eigenvalue weighted by molar-refractivity contribution is 5.69. The minimum absolute atomic E-state index is 0.168. The zero-order valence-corrected chi connectivity index (χ0v) is 10.1. The molecule has 5 nitrogen and oxygen atoms in total. The van der Waals surface area contributed by atoms with Crippen LogP contribution in [0.2, 0.25) is 0 Å². The lowest BCUT2D eigenvalue weighted by Gasteiger charge is -2.33. The SMILES string of the molecule is COC(=O)CC1CN(c2ncccc2F)CCO1. The van der Waals surface area contributed by atoms with Crippen LogP contribution in [-0.2, 0) is 14.3 Å². The van der Waals surface area contributed by atoms with Crippen LogP contribution in [0.3, 0.4) is 0 Å². The van der Waals surface area contributed by atoms with E-state index in [9.17, 15) is 9.18 Å². The van der Waals surface area contributed by atoms with Gasteiger partial charge in [-0.15, -0.1) is 0 Å². The van der Waals surface area contributed by atoms with E-state index in [1.807, 2.05) is 0 Å². The van der Waals surface area contributed by atoms with Crippen molar-refractivity contribution in [1.82, 2.24) is 4.98 Å². The first-order valence-corrected chi connectivity index (χ1v) is 5.74. The summed E-state index contributed by atoms with van der Waals surface area (Å²) in [6.07, 6.45) is 1.43. The fourth-order valence-corrected chi connectivity index (χ4v) is 1.91. The molecule has 0 aliphatic carbocycles. The van der Waals surface area contributed by atoms with E-state index in [2.05, 4.69) is 9.72 Å². The number of hydrogen-bond donors (Lipinski definition) is 0. The summed E-state index contributed by atoms with van der Waals surface area (Å²) in [7, 11) is 1.33. The lowest BCUT2D eigenvalue weighted by molar-refractivity contribution is -0.144. The number of anilines is 1. The molecule has 0 saturated carbocycles. The molecule has 1 atom stereocenters. The first kappa shape index (κ1) is 12.8. The molecule has 0 N–H and O–H groups in total. The monoisotopic (exact) mass is 254 g/mol. The zero-order chi connectivity index (χ0) is 13.0. The summed E-state index contributed by atoms with van der Waals surface area (Å²) < 4.78 is 23.6. The van der Waals surface area contributed by atoms with Crippen LogP contribution in [0.25, 0.3) is 0 Å². The third kappa shape index (κ3) is 2.95. The van der Waals surface area contributed by atoms with E-state index in [1.165, 1.54) is 13.2 Å². The predicted octanol–water partition coefficient (Wildman–Crippen LogP) is 0.989. The Morgan fingerprint density at radius 3 is 3.28 bits per heavy atom. The van der Waals surface area contributed by atoms with E-state index in [0.29, 0.717) is 25.5 Å². The van der Waals surface area contributed by atoms with Crippen molar-refractivity contribution in [3.8, 4) is 0 Å². The molecule has 1 aliphatic rings. The summed E-state index contributed by atoms with van der Waals surface area (Å²) in [6.45, 7) is 1.44. The number of halogens is 1. The van der Waals surface area contributed by atoms with Crippen molar-refractivity contribution in [1.29, 1.82) is 0 Å². The Hall–Kier alpha value is -1.69. The highest BCUT2D eigenvalue weighted by Gasteiger charge is 2.25. The number of ether oxygens (including phenoxy) is 2. The fourth-order valence-electron chi connectivity index (χ4n) is 1.91. The third-order valence-corrected chi connectivity index (χ3v) is 2.80. The number of rotatable bonds is 3. The van der Waals surface area contributed by atoms with Crippen LogP contribution < -0.4 is 4.90 Å². The van der Waals surface area contributed by atoms with Crippen LogP contribution in [0.4, 0.5) is 10.2 Å². The van der Waals surface area contributed by atoms with E-state index in [0.717, 1.165) is 0 Å². The summed E-state index contributed by atoms with van der Waals surface area (Å²) in [4.78, 5) is 17.0. The summed E-state index contributed by atoms with van der Waals surface area (Å²) >= 11 is 0. The van der Waals surface area contributed by atoms with Crippen molar-refractivity contribution in [2.45, 2.75) is 12.5 Å². The van der Waals surface area contributed by atoms with Crippen molar-refractivity contribution in [3.05, 3.63) is 24.1 Å². The minimum atomic E-state index is -0.365. The van der Waals surface area contributed by atoms with Gasteiger partial charge in [0.15, 0.2) is 11.6 Å². The van der Waals surface area contributed by atoms with E-state index >= 15 is 0 Å². The Labute approximate surface area is 105 Å². The van der Waals surface area contributed by atoms with E-state index in [4.69, 9.17) is 4.74 Å². The molecule has 1 aromatic rings. The van der Waals surface area contributed by atoms with Gasteiger partial charge >= 0.3 is 5.97 Å². The first-order chi connectivity index (χ1) is 8.70. The molecule has 2 rings (SSSR count). The van der Waals surface area contributed by atoms with Gasteiger partial charge in [-0.05, 0) is 12.1 Å². The molecular weight excluding hydrogens is 239 g/mol. The van der Waals surface area contributed by atoms with Gasteiger partial charge in [0, 0.05) is 19.3 Å². The maximum atomic E-state index is 13.6. The average molecular weight is 254 g/mol. The van der Waals surface area contributed by atoms with Crippen molar-refractivity contribution in [2.24, 2.45) is 0 Å². The second kappa shape index (κ2) is 5.77. The van der Waals surface area contributed by atoms with Crippen molar-refractivity contribution in [2.75, 3.05) is 31.7 Å². The molecule has 1 unspecified atom stereocenters. The number of morpholine rings is 1. The fraction of sp³-hybridized carbons (Fsp3) is 0.500. The molecule has 0 spiro atoms. The van der Waals surface area contributed by atoms with Gasteiger partial charge in [0.1, 0.15) is 0 Å². The molecule has 1 aromatic heterocycles. The van der Waals surface area contributed by atoms with Gasteiger partial charge in [-0.3, -0.25) is 4.79 Å². The molecule has 0 aromatic carbocycles. The molecule has 6 heteroatoms. The molecule has 1 saturated heterocycles. The normalized spacial score (nSPS) is 19.7. The Morgan fingerprint density at radius 2 is 2.56 bits per heavy atom.